The summed E-state index contributed by atoms with van der Waals surface area (Å²) in [5.41, 5.74) is 9.11. The first kappa shape index (κ1) is 17.9. The zero-order valence-electron chi connectivity index (χ0n) is 14.8. The standard InChI is InChI=1S/C19H19F2N5S/c1-23-8-13-7-12(9-24-17(13)22)14-2-3-15-19(25-14)27-18(26-15)11-4-10(5-11)6-16(20)21/h2-3,7-11,16H,4-6H2,1H3,(H2,22,24). The Labute approximate surface area is 159 Å². The molecule has 2 N–H and O–H groups in total. The second kappa shape index (κ2) is 7.26. The first-order chi connectivity index (χ1) is 13.0. The van der Waals surface area contributed by atoms with E-state index in [1.807, 2.05) is 18.2 Å². The molecule has 3 heterocycles. The van der Waals surface area contributed by atoms with Crippen LogP contribution in [0, 0.1) is 5.92 Å². The maximum absolute atomic E-state index is 12.5. The summed E-state index contributed by atoms with van der Waals surface area (Å²) >= 11 is 1.55. The van der Waals surface area contributed by atoms with Crippen molar-refractivity contribution in [1.29, 1.82) is 0 Å². The molecule has 0 atom stereocenters. The topological polar surface area (TPSA) is 77.0 Å². The SMILES string of the molecule is CN=Cc1cc(-c2ccc3nc(C4CC(CC(F)F)C4)sc3n2)cnc1N. The van der Waals surface area contributed by atoms with Crippen molar-refractivity contribution >= 4 is 33.7 Å². The van der Waals surface area contributed by atoms with Crippen molar-refractivity contribution in [2.75, 3.05) is 12.8 Å². The van der Waals surface area contributed by atoms with Gasteiger partial charge in [-0.1, -0.05) is 11.3 Å². The minimum Gasteiger partial charge on any atom is -0.383 e. The number of hydrogen-bond acceptors (Lipinski definition) is 6. The van der Waals surface area contributed by atoms with Crippen LogP contribution < -0.4 is 5.73 Å². The third-order valence-electron chi connectivity index (χ3n) is 4.88. The molecule has 0 radical (unpaired) electrons. The lowest BCUT2D eigenvalue weighted by atomic mass is 9.74. The number of nitrogens with zero attached hydrogens (tertiary/aromatic N) is 4. The third kappa shape index (κ3) is 3.66. The van der Waals surface area contributed by atoms with E-state index in [1.54, 1.807) is 30.8 Å². The summed E-state index contributed by atoms with van der Waals surface area (Å²) in [5, 5.41) is 0.995. The van der Waals surface area contributed by atoms with Gasteiger partial charge in [0.25, 0.3) is 0 Å². The monoisotopic (exact) mass is 387 g/mol. The van der Waals surface area contributed by atoms with Gasteiger partial charge in [0.15, 0.2) is 0 Å². The second-order valence-corrected chi connectivity index (χ2v) is 7.83. The highest BCUT2D eigenvalue weighted by Crippen LogP contribution is 2.46. The number of hydrogen-bond donors (Lipinski definition) is 1. The number of fused-ring (bicyclic) bond motifs is 1. The molecule has 27 heavy (non-hydrogen) atoms. The third-order valence-corrected chi connectivity index (χ3v) is 6.01. The van der Waals surface area contributed by atoms with E-state index in [9.17, 15) is 8.78 Å². The van der Waals surface area contributed by atoms with Crippen LogP contribution in [0.4, 0.5) is 14.6 Å². The molecule has 5 nitrogen and oxygen atoms in total. The molecule has 1 aliphatic rings. The number of halogens is 2. The lowest BCUT2D eigenvalue weighted by Gasteiger charge is -2.33. The zero-order valence-corrected chi connectivity index (χ0v) is 15.6. The van der Waals surface area contributed by atoms with Crippen molar-refractivity contribution in [1.82, 2.24) is 15.0 Å². The fraction of sp³-hybridized carbons (Fsp3) is 0.368. The Hall–Kier alpha value is -2.48. The van der Waals surface area contributed by atoms with E-state index in [4.69, 9.17) is 10.7 Å². The van der Waals surface area contributed by atoms with Gasteiger partial charge in [-0.05, 0) is 37.0 Å². The molecule has 1 saturated carbocycles. The van der Waals surface area contributed by atoms with Crippen LogP contribution in [0.15, 0.2) is 29.4 Å². The van der Waals surface area contributed by atoms with Gasteiger partial charge in [-0.25, -0.2) is 23.7 Å². The van der Waals surface area contributed by atoms with Crippen LogP contribution in [0.3, 0.4) is 0 Å². The zero-order chi connectivity index (χ0) is 19.0. The molecule has 0 bridgehead atoms. The summed E-state index contributed by atoms with van der Waals surface area (Å²) in [6.07, 6.45) is 2.72. The molecule has 4 rings (SSSR count). The summed E-state index contributed by atoms with van der Waals surface area (Å²) in [7, 11) is 1.68. The summed E-state index contributed by atoms with van der Waals surface area (Å²) < 4.78 is 24.9. The predicted octanol–water partition coefficient (Wildman–Crippen LogP) is 4.53. The van der Waals surface area contributed by atoms with Crippen LogP contribution in [0.5, 0.6) is 0 Å². The minimum atomic E-state index is -2.22. The van der Waals surface area contributed by atoms with Crippen molar-refractivity contribution < 1.29 is 8.78 Å². The number of pyridine rings is 2. The molecule has 1 fully saturated rings. The molecule has 1 aliphatic carbocycles. The normalized spacial score (nSPS) is 19.9. The number of nitrogens with two attached hydrogens (primary N) is 1. The van der Waals surface area contributed by atoms with E-state index >= 15 is 0 Å². The summed E-state index contributed by atoms with van der Waals surface area (Å²) in [6, 6.07) is 5.76. The Kier molecular flexibility index (Phi) is 4.82. The molecule has 0 unspecified atom stereocenters. The van der Waals surface area contributed by atoms with E-state index in [-0.39, 0.29) is 18.3 Å². The number of nitrogen functional groups attached to an aromatic ring is 1. The van der Waals surface area contributed by atoms with E-state index in [1.165, 1.54) is 0 Å². The summed E-state index contributed by atoms with van der Waals surface area (Å²) in [6.45, 7) is 0. The van der Waals surface area contributed by atoms with Crippen LogP contribution >= 0.6 is 11.3 Å². The average molecular weight is 387 g/mol. The van der Waals surface area contributed by atoms with Crippen LogP contribution in [-0.4, -0.2) is 34.6 Å². The fourth-order valence-corrected chi connectivity index (χ4v) is 4.49. The van der Waals surface area contributed by atoms with Gasteiger partial charge in [0.2, 0.25) is 6.43 Å². The maximum Gasteiger partial charge on any atom is 0.238 e. The predicted molar refractivity (Wildman–Crippen MR) is 105 cm³/mol. The quantitative estimate of drug-likeness (QED) is 0.653. The second-order valence-electron chi connectivity index (χ2n) is 6.82. The number of aliphatic imine (C=N–C) groups is 1. The lowest BCUT2D eigenvalue weighted by molar-refractivity contribution is 0.0841. The number of thiazole rings is 1. The van der Waals surface area contributed by atoms with Gasteiger partial charge in [-0.3, -0.25) is 4.99 Å². The van der Waals surface area contributed by atoms with Crippen LogP contribution in [0.25, 0.3) is 21.6 Å². The molecule has 3 aromatic heterocycles. The first-order valence-electron chi connectivity index (χ1n) is 8.77. The molecule has 8 heteroatoms. The number of rotatable bonds is 5. The first-order valence-corrected chi connectivity index (χ1v) is 9.59. The lowest BCUT2D eigenvalue weighted by Crippen LogP contribution is -2.23. The van der Waals surface area contributed by atoms with Crippen LogP contribution in [0.2, 0.25) is 0 Å². The molecule has 140 valence electrons. The van der Waals surface area contributed by atoms with Gasteiger partial charge in [0.1, 0.15) is 16.2 Å². The van der Waals surface area contributed by atoms with Crippen molar-refractivity contribution in [3.05, 3.63) is 35.0 Å². The largest absolute Gasteiger partial charge is 0.383 e. The molecule has 0 spiro atoms. The van der Waals surface area contributed by atoms with E-state index in [0.29, 0.717) is 5.82 Å². The van der Waals surface area contributed by atoms with Crippen molar-refractivity contribution in [2.45, 2.75) is 31.6 Å². The van der Waals surface area contributed by atoms with Crippen molar-refractivity contribution in [2.24, 2.45) is 10.9 Å². The Morgan fingerprint density at radius 3 is 2.89 bits per heavy atom. The maximum atomic E-state index is 12.5. The van der Waals surface area contributed by atoms with Gasteiger partial charge >= 0.3 is 0 Å². The molecule has 3 aromatic rings. The smallest absolute Gasteiger partial charge is 0.238 e. The van der Waals surface area contributed by atoms with Gasteiger partial charge in [-0.2, -0.15) is 0 Å². The van der Waals surface area contributed by atoms with Crippen molar-refractivity contribution in [3.63, 3.8) is 0 Å². The highest BCUT2D eigenvalue weighted by atomic mass is 32.1. The molecular formula is C19H19F2N5S. The highest BCUT2D eigenvalue weighted by molar-refractivity contribution is 7.18. The Morgan fingerprint density at radius 2 is 2.15 bits per heavy atom. The number of alkyl halides is 2. The van der Waals surface area contributed by atoms with Gasteiger partial charge in [0, 0.05) is 42.9 Å². The van der Waals surface area contributed by atoms with Crippen LogP contribution in [-0.2, 0) is 0 Å². The molecule has 0 aromatic carbocycles. The molecule has 0 saturated heterocycles. The highest BCUT2D eigenvalue weighted by Gasteiger charge is 2.34. The average Bonchev–Trinajstić information content (AvgIpc) is 3.02. The van der Waals surface area contributed by atoms with Crippen molar-refractivity contribution in [3.8, 4) is 11.3 Å². The summed E-state index contributed by atoms with van der Waals surface area (Å²) in [5.74, 6) is 0.820. The fourth-order valence-electron chi connectivity index (χ4n) is 3.43. The summed E-state index contributed by atoms with van der Waals surface area (Å²) in [4.78, 5) is 18.4. The Bertz CT molecular complexity index is 995. The molecule has 0 aliphatic heterocycles. The minimum absolute atomic E-state index is 0.00265. The van der Waals surface area contributed by atoms with Crippen LogP contribution in [0.1, 0.15) is 35.8 Å². The van der Waals surface area contributed by atoms with E-state index < -0.39 is 6.43 Å². The Balaban J connectivity index is 1.58. The van der Waals surface area contributed by atoms with Gasteiger partial charge in [-0.15, -0.1) is 0 Å². The van der Waals surface area contributed by atoms with Gasteiger partial charge < -0.3 is 5.73 Å². The number of aromatic nitrogens is 3. The van der Waals surface area contributed by atoms with E-state index in [0.717, 1.165) is 45.0 Å². The van der Waals surface area contributed by atoms with Gasteiger partial charge in [0.05, 0.1) is 10.7 Å². The Morgan fingerprint density at radius 1 is 1.33 bits per heavy atom. The number of anilines is 1. The van der Waals surface area contributed by atoms with E-state index in [2.05, 4.69) is 15.0 Å². The molecular weight excluding hydrogens is 368 g/mol. The molecule has 0 amide bonds.